The molecule has 0 heterocycles. The van der Waals surface area contributed by atoms with Gasteiger partial charge in [0.05, 0.1) is 4.90 Å². The standard InChI is InChI=1S/C17H14N2O3S/c18-19-23(20,21)17-9-7-14-6-8-16(10-15(14)11-17)22-12-13-4-2-1-3-5-13/h1-11,18H,12H2. The lowest BCUT2D eigenvalue weighted by Crippen LogP contribution is -1.96. The summed E-state index contributed by atoms with van der Waals surface area (Å²) < 4.78 is 31.7. The SMILES string of the molecule is N=NS(=O)(=O)c1ccc2ccc(OCc3ccccc3)cc2c1. The average molecular weight is 326 g/mol. The molecule has 0 atom stereocenters. The molecule has 0 aliphatic heterocycles. The molecule has 0 fully saturated rings. The van der Waals surface area contributed by atoms with E-state index >= 15 is 0 Å². The maximum atomic E-state index is 11.7. The maximum absolute atomic E-state index is 11.7. The minimum atomic E-state index is -3.91. The highest BCUT2D eigenvalue weighted by Gasteiger charge is 2.12. The van der Waals surface area contributed by atoms with Crippen molar-refractivity contribution in [2.45, 2.75) is 11.5 Å². The number of fused-ring (bicyclic) bond motifs is 1. The van der Waals surface area contributed by atoms with Gasteiger partial charge in [0.15, 0.2) is 0 Å². The predicted molar refractivity (Wildman–Crippen MR) is 87.1 cm³/mol. The lowest BCUT2D eigenvalue weighted by Gasteiger charge is -2.08. The molecule has 0 radical (unpaired) electrons. The third kappa shape index (κ3) is 3.37. The molecule has 0 aromatic heterocycles. The molecule has 0 saturated heterocycles. The van der Waals surface area contributed by atoms with Crippen LogP contribution in [0.4, 0.5) is 0 Å². The molecular weight excluding hydrogens is 312 g/mol. The van der Waals surface area contributed by atoms with Gasteiger partial charge in [-0.25, -0.2) is 0 Å². The molecule has 0 aliphatic rings. The molecule has 6 heteroatoms. The zero-order valence-corrected chi connectivity index (χ0v) is 13.0. The molecule has 0 aliphatic carbocycles. The minimum Gasteiger partial charge on any atom is -0.489 e. The van der Waals surface area contributed by atoms with Crippen LogP contribution in [0.2, 0.25) is 0 Å². The number of benzene rings is 3. The lowest BCUT2D eigenvalue weighted by molar-refractivity contribution is 0.306. The number of hydrogen-bond donors (Lipinski definition) is 1. The van der Waals surface area contributed by atoms with Crippen LogP contribution in [-0.2, 0) is 16.6 Å². The Kier molecular flexibility index (Phi) is 4.08. The Bertz CT molecular complexity index is 954. The van der Waals surface area contributed by atoms with Gasteiger partial charge in [-0.05, 0) is 40.6 Å². The quantitative estimate of drug-likeness (QED) is 0.716. The Morgan fingerprint density at radius 3 is 2.39 bits per heavy atom. The van der Waals surface area contributed by atoms with Gasteiger partial charge in [0, 0.05) is 0 Å². The second kappa shape index (κ2) is 6.18. The normalized spacial score (nSPS) is 11.3. The first kappa shape index (κ1) is 15.2. The van der Waals surface area contributed by atoms with Crippen molar-refractivity contribution in [3.8, 4) is 5.75 Å². The fraction of sp³-hybridized carbons (Fsp3) is 0.0588. The number of hydrogen-bond acceptors (Lipinski definition) is 4. The van der Waals surface area contributed by atoms with Gasteiger partial charge in [0.2, 0.25) is 0 Å². The van der Waals surface area contributed by atoms with Gasteiger partial charge in [-0.2, -0.15) is 13.9 Å². The van der Waals surface area contributed by atoms with Gasteiger partial charge in [0.1, 0.15) is 12.4 Å². The van der Waals surface area contributed by atoms with Crippen molar-refractivity contribution in [3.63, 3.8) is 0 Å². The van der Waals surface area contributed by atoms with Gasteiger partial charge in [-0.1, -0.05) is 47.0 Å². The van der Waals surface area contributed by atoms with Crippen molar-refractivity contribution in [2.75, 3.05) is 0 Å². The molecule has 0 unspecified atom stereocenters. The number of ether oxygens (including phenoxy) is 1. The summed E-state index contributed by atoms with van der Waals surface area (Å²) in [4.78, 5) is 0.000194. The first-order valence-corrected chi connectivity index (χ1v) is 8.37. The van der Waals surface area contributed by atoms with Crippen molar-refractivity contribution in [1.82, 2.24) is 0 Å². The number of sulfonamides is 1. The highest BCUT2D eigenvalue weighted by atomic mass is 32.2. The van der Waals surface area contributed by atoms with Crippen molar-refractivity contribution in [1.29, 1.82) is 5.53 Å². The van der Waals surface area contributed by atoms with E-state index in [0.29, 0.717) is 12.4 Å². The summed E-state index contributed by atoms with van der Waals surface area (Å²) in [5.74, 6) is 0.652. The molecule has 0 amide bonds. The van der Waals surface area contributed by atoms with E-state index in [4.69, 9.17) is 10.3 Å². The average Bonchev–Trinajstić information content (AvgIpc) is 2.60. The Hall–Kier alpha value is -2.73. The summed E-state index contributed by atoms with van der Waals surface area (Å²) in [5, 5.41) is 1.61. The topological polar surface area (TPSA) is 79.6 Å². The van der Waals surface area contributed by atoms with Gasteiger partial charge in [0.25, 0.3) is 10.0 Å². The van der Waals surface area contributed by atoms with Crippen LogP contribution < -0.4 is 4.74 Å². The predicted octanol–water partition coefficient (Wildman–Crippen LogP) is 4.14. The van der Waals surface area contributed by atoms with Crippen molar-refractivity contribution in [3.05, 3.63) is 72.3 Å². The van der Waals surface area contributed by atoms with Crippen LogP contribution in [-0.4, -0.2) is 8.42 Å². The summed E-state index contributed by atoms with van der Waals surface area (Å²) in [6.45, 7) is 0.437. The van der Waals surface area contributed by atoms with Crippen LogP contribution in [0.1, 0.15) is 5.56 Å². The van der Waals surface area contributed by atoms with Crippen LogP contribution in [0.5, 0.6) is 5.75 Å². The van der Waals surface area contributed by atoms with E-state index in [2.05, 4.69) is 4.52 Å². The summed E-state index contributed by atoms with van der Waals surface area (Å²) in [6, 6.07) is 19.9. The van der Waals surface area contributed by atoms with Crippen LogP contribution >= 0.6 is 0 Å². The smallest absolute Gasteiger partial charge is 0.299 e. The Balaban J connectivity index is 1.89. The fourth-order valence-electron chi connectivity index (χ4n) is 2.25. The molecule has 0 bridgehead atoms. The van der Waals surface area contributed by atoms with E-state index in [9.17, 15) is 8.42 Å². The molecule has 3 rings (SSSR count). The summed E-state index contributed by atoms with van der Waals surface area (Å²) in [7, 11) is -3.91. The summed E-state index contributed by atoms with van der Waals surface area (Å²) in [5.41, 5.74) is 7.82. The van der Waals surface area contributed by atoms with E-state index in [1.165, 1.54) is 12.1 Å². The molecule has 5 nitrogen and oxygen atoms in total. The van der Waals surface area contributed by atoms with Gasteiger partial charge in [-0.15, -0.1) is 0 Å². The molecule has 3 aromatic rings. The molecule has 0 spiro atoms. The van der Waals surface area contributed by atoms with Crippen LogP contribution in [0.25, 0.3) is 10.8 Å². The molecule has 116 valence electrons. The second-order valence-electron chi connectivity index (χ2n) is 5.01. The van der Waals surface area contributed by atoms with E-state index in [1.807, 2.05) is 42.5 Å². The van der Waals surface area contributed by atoms with Crippen LogP contribution in [0.3, 0.4) is 0 Å². The highest BCUT2D eigenvalue weighted by molar-refractivity contribution is 7.90. The number of nitrogens with one attached hydrogen (secondary N) is 1. The number of rotatable bonds is 5. The monoisotopic (exact) mass is 326 g/mol. The third-order valence-electron chi connectivity index (χ3n) is 3.45. The van der Waals surface area contributed by atoms with Crippen LogP contribution in [0.15, 0.2) is 76.1 Å². The Morgan fingerprint density at radius 1 is 0.913 bits per heavy atom. The largest absolute Gasteiger partial charge is 0.489 e. The molecular formula is C17H14N2O3S. The molecule has 3 aromatic carbocycles. The van der Waals surface area contributed by atoms with E-state index < -0.39 is 10.0 Å². The van der Waals surface area contributed by atoms with E-state index in [-0.39, 0.29) is 4.90 Å². The highest BCUT2D eigenvalue weighted by Crippen LogP contribution is 2.25. The van der Waals surface area contributed by atoms with Gasteiger partial charge >= 0.3 is 0 Å². The first-order valence-electron chi connectivity index (χ1n) is 6.93. The first-order chi connectivity index (χ1) is 11.1. The summed E-state index contributed by atoms with van der Waals surface area (Å²) >= 11 is 0. The van der Waals surface area contributed by atoms with Gasteiger partial charge < -0.3 is 4.74 Å². The minimum absolute atomic E-state index is 0.000194. The Morgan fingerprint density at radius 2 is 1.65 bits per heavy atom. The molecule has 0 saturated carbocycles. The van der Waals surface area contributed by atoms with Crippen molar-refractivity contribution in [2.24, 2.45) is 4.52 Å². The second-order valence-corrected chi connectivity index (χ2v) is 6.62. The zero-order chi connectivity index (χ0) is 16.3. The van der Waals surface area contributed by atoms with E-state index in [0.717, 1.165) is 16.3 Å². The number of nitrogens with zero attached hydrogens (tertiary/aromatic N) is 1. The third-order valence-corrected chi connectivity index (χ3v) is 4.54. The molecule has 23 heavy (non-hydrogen) atoms. The van der Waals surface area contributed by atoms with Crippen molar-refractivity contribution >= 4 is 20.8 Å². The lowest BCUT2D eigenvalue weighted by atomic mass is 10.1. The Labute approximate surface area is 134 Å². The van der Waals surface area contributed by atoms with Crippen molar-refractivity contribution < 1.29 is 13.2 Å². The maximum Gasteiger partial charge on any atom is 0.299 e. The van der Waals surface area contributed by atoms with Crippen LogP contribution in [0, 0.1) is 5.53 Å². The summed E-state index contributed by atoms with van der Waals surface area (Å²) in [6.07, 6.45) is 0. The van der Waals surface area contributed by atoms with Gasteiger partial charge in [-0.3, -0.25) is 0 Å². The zero-order valence-electron chi connectivity index (χ0n) is 12.1. The fourth-order valence-corrected chi connectivity index (χ4v) is 2.87. The van der Waals surface area contributed by atoms with E-state index in [1.54, 1.807) is 12.1 Å². The molecule has 1 N–H and O–H groups in total.